The zero-order chi connectivity index (χ0) is 30.3. The van der Waals surface area contributed by atoms with Crippen molar-refractivity contribution in [2.45, 2.75) is 43.1 Å². The highest BCUT2D eigenvalue weighted by atomic mass is 19.1. The molecule has 3 fully saturated rings. The number of alkyl halides is 1. The van der Waals surface area contributed by atoms with E-state index in [4.69, 9.17) is 5.73 Å². The zero-order valence-corrected chi connectivity index (χ0v) is 22.5. The number of halogens is 2. The Morgan fingerprint density at radius 1 is 1.17 bits per heavy atom. The molecule has 41 heavy (non-hydrogen) atoms. The molecule has 5 N–H and O–H groups in total. The largest absolute Gasteiger partial charge is 0.505 e. The van der Waals surface area contributed by atoms with Crippen molar-refractivity contribution >= 4 is 40.6 Å². The second-order valence-electron chi connectivity index (χ2n) is 11.7. The molecule has 1 aromatic rings. The topological polar surface area (TPSA) is 187 Å². The van der Waals surface area contributed by atoms with Crippen molar-refractivity contribution in [3.8, 4) is 5.75 Å². The number of likely N-dealkylation sites (N-methyl/N-ethyl adjacent to an activating group) is 2. The molecule has 2 saturated carbocycles. The first-order valence-corrected chi connectivity index (χ1v) is 13.1. The smallest absolute Gasteiger partial charge is 0.241 e. The summed E-state index contributed by atoms with van der Waals surface area (Å²) in [6.07, 6.45) is -1.85. The second-order valence-corrected chi connectivity index (χ2v) is 11.7. The first kappa shape index (κ1) is 28.9. The Morgan fingerprint density at radius 2 is 1.83 bits per heavy atom. The summed E-state index contributed by atoms with van der Waals surface area (Å²) in [6, 6.07) is -1.35. The van der Waals surface area contributed by atoms with Gasteiger partial charge in [0.05, 0.1) is 29.3 Å². The molecule has 2 unspecified atom stereocenters. The molecular weight excluding hydrogens is 546 g/mol. The number of Topliss-reactive ketones (excluding diaryl/α,β-unsaturated/α-hetero) is 4. The summed E-state index contributed by atoms with van der Waals surface area (Å²) in [5.41, 5.74) is 1.10. The van der Waals surface area contributed by atoms with E-state index in [1.54, 1.807) is 0 Å². The number of ketones is 4. The summed E-state index contributed by atoms with van der Waals surface area (Å²) in [4.78, 5) is 81.6. The van der Waals surface area contributed by atoms with E-state index in [0.29, 0.717) is 0 Å². The van der Waals surface area contributed by atoms with Gasteiger partial charge in [-0.1, -0.05) is 0 Å². The first-order valence-electron chi connectivity index (χ1n) is 13.1. The van der Waals surface area contributed by atoms with Gasteiger partial charge >= 0.3 is 0 Å². The van der Waals surface area contributed by atoms with Gasteiger partial charge in [0.1, 0.15) is 17.7 Å². The molecule has 3 aliphatic carbocycles. The number of nitrogens with one attached hydrogen (secondary N) is 1. The Labute approximate surface area is 232 Å². The number of likely N-dealkylation sites (tertiary alicyclic amines) is 1. The number of aromatic hydroxyl groups is 1. The zero-order valence-electron chi connectivity index (χ0n) is 22.5. The summed E-state index contributed by atoms with van der Waals surface area (Å²) in [5, 5.41) is 24.9. The molecule has 220 valence electrons. The minimum absolute atomic E-state index is 0.00575. The lowest BCUT2D eigenvalue weighted by Crippen LogP contribution is -2.74. The van der Waals surface area contributed by atoms with Crippen molar-refractivity contribution in [2.75, 3.05) is 33.0 Å². The van der Waals surface area contributed by atoms with Crippen LogP contribution in [-0.4, -0.2) is 107 Å². The summed E-state index contributed by atoms with van der Waals surface area (Å²) in [6.45, 7) is 0.00575. The van der Waals surface area contributed by atoms with E-state index >= 15 is 4.39 Å². The van der Waals surface area contributed by atoms with Gasteiger partial charge in [-0.05, 0) is 39.9 Å². The van der Waals surface area contributed by atoms with Gasteiger partial charge in [-0.15, -0.1) is 0 Å². The molecular formula is C27H30F2N4O8. The number of benzene rings is 1. The van der Waals surface area contributed by atoms with Gasteiger partial charge in [0.25, 0.3) is 0 Å². The highest BCUT2D eigenvalue weighted by Crippen LogP contribution is 2.51. The predicted octanol–water partition coefficient (Wildman–Crippen LogP) is -1.01. The minimum Gasteiger partial charge on any atom is -0.505 e. The summed E-state index contributed by atoms with van der Waals surface area (Å²) < 4.78 is 29.2. The number of amides is 2. The number of phenolic OH excluding ortho intramolecular Hbond substituents is 1. The molecule has 0 aromatic heterocycles. The number of nitrogens with two attached hydrogens (primary N) is 1. The highest BCUT2D eigenvalue weighted by molar-refractivity contribution is 6.32. The average Bonchev–Trinajstić information content (AvgIpc) is 3.21. The van der Waals surface area contributed by atoms with E-state index in [-0.39, 0.29) is 31.4 Å². The third kappa shape index (κ3) is 4.10. The van der Waals surface area contributed by atoms with Crippen molar-refractivity contribution < 1.29 is 47.8 Å². The summed E-state index contributed by atoms with van der Waals surface area (Å²) >= 11 is 0. The van der Waals surface area contributed by atoms with Crippen LogP contribution in [0, 0.1) is 29.5 Å². The average molecular weight is 577 g/mol. The highest BCUT2D eigenvalue weighted by Gasteiger charge is 2.69. The van der Waals surface area contributed by atoms with Crippen LogP contribution in [0.1, 0.15) is 28.8 Å². The molecule has 4 aliphatic rings. The van der Waals surface area contributed by atoms with Crippen molar-refractivity contribution in [1.82, 2.24) is 9.80 Å². The van der Waals surface area contributed by atoms with E-state index < -0.39 is 105 Å². The lowest BCUT2D eigenvalue weighted by atomic mass is 9.52. The van der Waals surface area contributed by atoms with Crippen molar-refractivity contribution in [1.29, 1.82) is 0 Å². The first-order chi connectivity index (χ1) is 19.1. The van der Waals surface area contributed by atoms with Crippen LogP contribution >= 0.6 is 0 Å². The molecule has 1 heterocycles. The Bertz CT molecular complexity index is 1420. The summed E-state index contributed by atoms with van der Waals surface area (Å²) in [5.74, 6) is -14.6. The monoisotopic (exact) mass is 576 g/mol. The van der Waals surface area contributed by atoms with Crippen molar-refractivity contribution in [3.05, 3.63) is 23.0 Å². The molecule has 0 spiro atoms. The lowest BCUT2D eigenvalue weighted by molar-refractivity contribution is -0.181. The number of fused-ring (bicyclic) bond motifs is 3. The van der Waals surface area contributed by atoms with Crippen LogP contribution in [-0.2, 0) is 30.4 Å². The quantitative estimate of drug-likeness (QED) is 0.255. The number of carbonyl (C=O) groups excluding carboxylic acids is 6. The number of hydrogen-bond acceptors (Lipinski definition) is 10. The van der Waals surface area contributed by atoms with Crippen molar-refractivity contribution in [3.63, 3.8) is 0 Å². The standard InChI is InChI=1S/C27H30F2N4O8/c1-32(2)19-12-5-9-4-11-13(29)7-14(31-26(40)15-6-10(28)8-33(15)3)20(34)17(11)21(35)16(9)23(37)27(12,41)24(38)18(22(19)36)25(30)39/h7,9-10,12,15-16,18-19,34,41H,4-6,8H2,1-3H3,(H2,30,39)(H,31,40)/t9-,10-,12-,15-,16?,18?,19-,27-/m0/s1. The van der Waals surface area contributed by atoms with Gasteiger partial charge in [-0.3, -0.25) is 38.6 Å². The number of primary amides is 1. The normalized spacial score (nSPS) is 35.2. The van der Waals surface area contributed by atoms with Gasteiger partial charge in [0.15, 0.2) is 34.7 Å². The predicted molar refractivity (Wildman–Crippen MR) is 136 cm³/mol. The van der Waals surface area contributed by atoms with Gasteiger partial charge in [0.2, 0.25) is 11.8 Å². The molecule has 1 aliphatic heterocycles. The lowest BCUT2D eigenvalue weighted by Gasteiger charge is -2.52. The molecule has 0 radical (unpaired) electrons. The fraction of sp³-hybridized carbons (Fsp3) is 0.556. The molecule has 14 heteroatoms. The maximum Gasteiger partial charge on any atom is 0.241 e. The van der Waals surface area contributed by atoms with E-state index in [1.807, 2.05) is 0 Å². The van der Waals surface area contributed by atoms with Crippen LogP contribution in [0.3, 0.4) is 0 Å². The number of aliphatic hydroxyl groups is 1. The minimum atomic E-state index is -2.91. The number of anilines is 1. The third-order valence-electron chi connectivity index (χ3n) is 9.06. The van der Waals surface area contributed by atoms with E-state index in [0.717, 1.165) is 6.07 Å². The van der Waals surface area contributed by atoms with Gasteiger partial charge in [-0.25, -0.2) is 8.78 Å². The van der Waals surface area contributed by atoms with Crippen LogP contribution in [0.2, 0.25) is 0 Å². The van der Waals surface area contributed by atoms with E-state index in [9.17, 15) is 43.4 Å². The molecule has 1 saturated heterocycles. The van der Waals surface area contributed by atoms with Gasteiger partial charge < -0.3 is 21.3 Å². The van der Waals surface area contributed by atoms with E-state index in [2.05, 4.69) is 5.32 Å². The Kier molecular flexibility index (Phi) is 6.86. The second kappa shape index (κ2) is 9.74. The molecule has 1 aromatic carbocycles. The fourth-order valence-corrected chi connectivity index (χ4v) is 7.18. The number of phenols is 1. The van der Waals surface area contributed by atoms with E-state index in [1.165, 1.54) is 30.9 Å². The van der Waals surface area contributed by atoms with Gasteiger partial charge in [0, 0.05) is 30.5 Å². The van der Waals surface area contributed by atoms with Crippen LogP contribution < -0.4 is 11.1 Å². The van der Waals surface area contributed by atoms with Crippen molar-refractivity contribution in [2.24, 2.45) is 29.4 Å². The SMILES string of the molecule is CN(C)[C@@H]1C(=O)C(C(N)=O)C(=O)[C@@]2(O)C(=O)C3C(=O)c4c(O)c(NC(=O)[C@@H]5C[C@H](F)CN5C)cc(F)c4C[C@H]3C[C@@H]12. The third-order valence-corrected chi connectivity index (χ3v) is 9.06. The van der Waals surface area contributed by atoms with Gasteiger partial charge in [-0.2, -0.15) is 0 Å². The molecule has 12 nitrogen and oxygen atoms in total. The van der Waals surface area contributed by atoms with Crippen LogP contribution in [0.25, 0.3) is 0 Å². The number of carbonyl (C=O) groups is 6. The Hall–Kier alpha value is -3.62. The number of rotatable bonds is 4. The molecule has 5 rings (SSSR count). The number of hydrogen-bond donors (Lipinski definition) is 4. The van der Waals surface area contributed by atoms with Crippen LogP contribution in [0.4, 0.5) is 14.5 Å². The fourth-order valence-electron chi connectivity index (χ4n) is 7.18. The van der Waals surface area contributed by atoms with Crippen LogP contribution in [0.15, 0.2) is 6.07 Å². The maximum absolute atomic E-state index is 15.4. The Morgan fingerprint density at radius 3 is 2.39 bits per heavy atom. The number of nitrogens with zero attached hydrogens (tertiary/aromatic N) is 2. The maximum atomic E-state index is 15.4. The molecule has 2 amide bonds. The van der Waals surface area contributed by atoms with Crippen LogP contribution in [0.5, 0.6) is 5.75 Å². The molecule has 0 bridgehead atoms. The Balaban J connectivity index is 1.54. The summed E-state index contributed by atoms with van der Waals surface area (Å²) in [7, 11) is 4.44. The molecule has 8 atom stereocenters.